The lowest BCUT2D eigenvalue weighted by Crippen LogP contribution is -2.36. The highest BCUT2D eigenvalue weighted by atomic mass is 16.4. The largest absolute Gasteiger partial charge is 0.417 e. The van der Waals surface area contributed by atoms with Gasteiger partial charge in [0.15, 0.2) is 5.58 Å². The van der Waals surface area contributed by atoms with Crippen LogP contribution in [-0.4, -0.2) is 43.0 Å². The van der Waals surface area contributed by atoms with Gasteiger partial charge in [0.05, 0.1) is 12.1 Å². The van der Waals surface area contributed by atoms with Gasteiger partial charge in [0.1, 0.15) is 12.7 Å². The van der Waals surface area contributed by atoms with E-state index in [4.69, 9.17) is 4.42 Å². The van der Waals surface area contributed by atoms with Crippen molar-refractivity contribution in [3.05, 3.63) is 112 Å². The number of rotatable bonds is 5. The van der Waals surface area contributed by atoms with Crippen molar-refractivity contribution in [3.8, 4) is 0 Å². The Hall–Kier alpha value is -4.99. The number of aromatic amines is 1. The van der Waals surface area contributed by atoms with Crippen molar-refractivity contribution in [3.63, 3.8) is 0 Å². The summed E-state index contributed by atoms with van der Waals surface area (Å²) in [6, 6.07) is 18.1. The first-order valence-corrected chi connectivity index (χ1v) is 11.8. The van der Waals surface area contributed by atoms with Gasteiger partial charge < -0.3 is 14.6 Å². The standard InChI is InChI=1S/C27H22N6O4/c34-25(30-22-6-1-17(2-7-22)13-33-16-28-15-29-33)19-4-3-18-9-10-32(14-21(18)11-19)26(35)20-5-8-23-24(12-20)37-27(36)31-23/h1-8,11-12,15-16H,9-10,13-14H2,(H,30,34)(H,31,36). The molecule has 0 unspecified atom stereocenters. The van der Waals surface area contributed by atoms with Crippen molar-refractivity contribution < 1.29 is 14.0 Å². The van der Waals surface area contributed by atoms with Gasteiger partial charge in [-0.05, 0) is 65.6 Å². The Bertz CT molecular complexity index is 1670. The third kappa shape index (κ3) is 4.64. The number of H-pyrrole nitrogens is 1. The molecule has 3 heterocycles. The highest BCUT2D eigenvalue weighted by molar-refractivity contribution is 6.04. The Balaban J connectivity index is 1.14. The predicted octanol–water partition coefficient (Wildman–Crippen LogP) is 3.21. The lowest BCUT2D eigenvalue weighted by Gasteiger charge is -2.29. The Morgan fingerprint density at radius 3 is 2.65 bits per heavy atom. The molecule has 0 spiro atoms. The maximum Gasteiger partial charge on any atom is 0.417 e. The Morgan fingerprint density at radius 1 is 1.00 bits per heavy atom. The van der Waals surface area contributed by atoms with E-state index in [9.17, 15) is 14.4 Å². The second-order valence-corrected chi connectivity index (χ2v) is 8.93. The van der Waals surface area contributed by atoms with Crippen LogP contribution in [0.25, 0.3) is 11.1 Å². The molecule has 37 heavy (non-hydrogen) atoms. The van der Waals surface area contributed by atoms with Gasteiger partial charge in [0.2, 0.25) is 0 Å². The first-order chi connectivity index (χ1) is 18.0. The van der Waals surface area contributed by atoms with Gasteiger partial charge in [-0.1, -0.05) is 18.2 Å². The quantitative estimate of drug-likeness (QED) is 0.386. The molecule has 0 aliphatic carbocycles. The summed E-state index contributed by atoms with van der Waals surface area (Å²) in [6.07, 6.45) is 3.84. The summed E-state index contributed by atoms with van der Waals surface area (Å²) in [6.45, 7) is 1.55. The van der Waals surface area contributed by atoms with Gasteiger partial charge in [-0.3, -0.25) is 14.6 Å². The molecule has 2 amide bonds. The average Bonchev–Trinajstić information content (AvgIpc) is 3.56. The van der Waals surface area contributed by atoms with Crippen LogP contribution in [0.1, 0.15) is 37.4 Å². The number of hydrogen-bond acceptors (Lipinski definition) is 6. The van der Waals surface area contributed by atoms with E-state index in [2.05, 4.69) is 20.4 Å². The van der Waals surface area contributed by atoms with Crippen LogP contribution >= 0.6 is 0 Å². The second kappa shape index (κ2) is 9.23. The van der Waals surface area contributed by atoms with Crippen LogP contribution in [0.2, 0.25) is 0 Å². The summed E-state index contributed by atoms with van der Waals surface area (Å²) >= 11 is 0. The molecule has 5 aromatic rings. The maximum atomic E-state index is 13.2. The van der Waals surface area contributed by atoms with Crippen LogP contribution in [0.3, 0.4) is 0 Å². The summed E-state index contributed by atoms with van der Waals surface area (Å²) in [4.78, 5) is 45.8. The summed E-state index contributed by atoms with van der Waals surface area (Å²) in [5.41, 5.74) is 5.64. The van der Waals surface area contributed by atoms with E-state index in [0.717, 1.165) is 16.7 Å². The molecule has 0 atom stereocenters. The number of aromatic nitrogens is 4. The van der Waals surface area contributed by atoms with Crippen LogP contribution in [-0.2, 0) is 19.5 Å². The molecule has 2 N–H and O–H groups in total. The number of benzene rings is 3. The minimum absolute atomic E-state index is 0.155. The van der Waals surface area contributed by atoms with E-state index >= 15 is 0 Å². The minimum Gasteiger partial charge on any atom is -0.408 e. The highest BCUT2D eigenvalue weighted by Gasteiger charge is 2.23. The molecule has 0 saturated heterocycles. The molecule has 3 aromatic carbocycles. The van der Waals surface area contributed by atoms with Gasteiger partial charge in [-0.15, -0.1) is 0 Å². The Kier molecular flexibility index (Phi) is 5.61. The van der Waals surface area contributed by atoms with E-state index in [1.807, 2.05) is 42.5 Å². The van der Waals surface area contributed by atoms with Gasteiger partial charge in [-0.2, -0.15) is 5.10 Å². The fraction of sp³-hybridized carbons (Fsp3) is 0.148. The third-order valence-corrected chi connectivity index (χ3v) is 6.46. The van der Waals surface area contributed by atoms with E-state index < -0.39 is 5.76 Å². The molecule has 6 rings (SSSR count). The van der Waals surface area contributed by atoms with Gasteiger partial charge >= 0.3 is 5.76 Å². The summed E-state index contributed by atoms with van der Waals surface area (Å²) < 4.78 is 6.82. The first-order valence-electron chi connectivity index (χ1n) is 11.8. The van der Waals surface area contributed by atoms with Gasteiger partial charge in [0, 0.05) is 29.9 Å². The predicted molar refractivity (Wildman–Crippen MR) is 135 cm³/mol. The highest BCUT2D eigenvalue weighted by Crippen LogP contribution is 2.24. The molecule has 0 bridgehead atoms. The molecular formula is C27H22N6O4. The number of carbonyl (C=O) groups excluding carboxylic acids is 2. The van der Waals surface area contributed by atoms with Crippen LogP contribution < -0.4 is 11.1 Å². The number of hydrogen-bond donors (Lipinski definition) is 2. The number of fused-ring (bicyclic) bond motifs is 2. The average molecular weight is 495 g/mol. The SMILES string of the molecule is O=C(Nc1ccc(Cn2cncn2)cc1)c1ccc2c(c1)CN(C(=O)c1ccc3[nH]c(=O)oc3c1)CC2. The van der Waals surface area contributed by atoms with Crippen molar-refractivity contribution in [2.24, 2.45) is 0 Å². The fourth-order valence-electron chi connectivity index (χ4n) is 4.53. The number of anilines is 1. The maximum absolute atomic E-state index is 13.2. The van der Waals surface area contributed by atoms with Crippen LogP contribution in [0.5, 0.6) is 0 Å². The molecule has 1 aliphatic rings. The normalized spacial score (nSPS) is 12.9. The molecule has 0 fully saturated rings. The zero-order valence-corrected chi connectivity index (χ0v) is 19.7. The number of nitrogens with one attached hydrogen (secondary N) is 2. The Morgan fingerprint density at radius 2 is 1.84 bits per heavy atom. The van der Waals surface area contributed by atoms with Crippen LogP contribution in [0.4, 0.5) is 5.69 Å². The molecule has 184 valence electrons. The fourth-order valence-corrected chi connectivity index (χ4v) is 4.53. The van der Waals surface area contributed by atoms with Gasteiger partial charge in [0.25, 0.3) is 11.8 Å². The molecular weight excluding hydrogens is 472 g/mol. The first kappa shape index (κ1) is 22.5. The molecule has 0 saturated carbocycles. The minimum atomic E-state index is -0.556. The van der Waals surface area contributed by atoms with E-state index in [0.29, 0.717) is 54.0 Å². The summed E-state index contributed by atoms with van der Waals surface area (Å²) in [5, 5.41) is 7.03. The summed E-state index contributed by atoms with van der Waals surface area (Å²) in [5.74, 6) is -0.930. The molecule has 0 radical (unpaired) electrons. The number of amides is 2. The van der Waals surface area contributed by atoms with E-state index in [1.54, 1.807) is 34.1 Å². The number of nitrogens with zero attached hydrogens (tertiary/aromatic N) is 4. The third-order valence-electron chi connectivity index (χ3n) is 6.46. The zero-order chi connectivity index (χ0) is 25.4. The molecule has 2 aromatic heterocycles. The smallest absolute Gasteiger partial charge is 0.408 e. The van der Waals surface area contributed by atoms with Crippen LogP contribution in [0, 0.1) is 0 Å². The number of oxazole rings is 1. The molecule has 10 nitrogen and oxygen atoms in total. The lowest BCUT2D eigenvalue weighted by molar-refractivity contribution is 0.0734. The monoisotopic (exact) mass is 494 g/mol. The van der Waals surface area contributed by atoms with E-state index in [1.165, 1.54) is 6.33 Å². The molecule has 10 heteroatoms. The van der Waals surface area contributed by atoms with Gasteiger partial charge in [-0.25, -0.2) is 14.5 Å². The van der Waals surface area contributed by atoms with Crippen molar-refractivity contribution in [2.75, 3.05) is 11.9 Å². The van der Waals surface area contributed by atoms with E-state index in [-0.39, 0.29) is 11.8 Å². The van der Waals surface area contributed by atoms with Crippen molar-refractivity contribution in [2.45, 2.75) is 19.5 Å². The summed E-state index contributed by atoms with van der Waals surface area (Å²) in [7, 11) is 0. The van der Waals surface area contributed by atoms with Crippen LogP contribution in [0.15, 0.2) is 82.5 Å². The second-order valence-electron chi connectivity index (χ2n) is 8.93. The number of carbonyl (C=O) groups is 2. The topological polar surface area (TPSA) is 126 Å². The van der Waals surface area contributed by atoms with Crippen molar-refractivity contribution in [1.29, 1.82) is 0 Å². The lowest BCUT2D eigenvalue weighted by atomic mass is 9.96. The van der Waals surface area contributed by atoms with Crippen molar-refractivity contribution in [1.82, 2.24) is 24.6 Å². The Labute approximate surface area is 210 Å². The molecule has 1 aliphatic heterocycles. The zero-order valence-electron chi connectivity index (χ0n) is 19.7. The van der Waals surface area contributed by atoms with Crippen molar-refractivity contribution >= 4 is 28.6 Å².